The molecule has 2 aliphatic heterocycles. The van der Waals surface area contributed by atoms with E-state index >= 15 is 0 Å². The van der Waals surface area contributed by atoms with Crippen molar-refractivity contribution in [3.8, 4) is 5.75 Å². The zero-order valence-corrected chi connectivity index (χ0v) is 18.0. The second kappa shape index (κ2) is 9.00. The van der Waals surface area contributed by atoms with Gasteiger partial charge in [-0.05, 0) is 25.8 Å². The van der Waals surface area contributed by atoms with Crippen LogP contribution in [-0.4, -0.2) is 59.7 Å². The summed E-state index contributed by atoms with van der Waals surface area (Å²) in [6, 6.07) is 2.29. The van der Waals surface area contributed by atoms with Gasteiger partial charge >= 0.3 is 6.18 Å². The lowest BCUT2D eigenvalue weighted by atomic mass is 10.1. The minimum absolute atomic E-state index is 0.0404. The Morgan fingerprint density at radius 1 is 1.27 bits per heavy atom. The van der Waals surface area contributed by atoms with Crippen LogP contribution in [0.1, 0.15) is 35.7 Å². The van der Waals surface area contributed by atoms with E-state index in [-0.39, 0.29) is 41.7 Å². The number of rotatable bonds is 6. The standard InChI is InChI=1S/C21H23F4N5O3/c1-3-26-18-14(21(23,24)25)8-27-20(29-18)28-16-7-15(22)13(6-17(16)32-2)19(31)30-9-11-4-5-12(10-30)33-11/h6-8,11-12H,3-5,9-10H2,1-2H3,(H2,26,27,28,29). The molecule has 0 radical (unpaired) electrons. The summed E-state index contributed by atoms with van der Waals surface area (Å²) in [6.45, 7) is 2.62. The fourth-order valence-electron chi connectivity index (χ4n) is 4.01. The van der Waals surface area contributed by atoms with E-state index in [1.807, 2.05) is 0 Å². The van der Waals surface area contributed by atoms with Crippen molar-refractivity contribution in [2.45, 2.75) is 38.1 Å². The van der Waals surface area contributed by atoms with Crippen LogP contribution in [0.4, 0.5) is 35.0 Å². The number of likely N-dealkylation sites (tertiary alicyclic amines) is 1. The molecule has 178 valence electrons. The SMILES string of the molecule is CCNc1nc(Nc2cc(F)c(C(=O)N3CC4CCC(C3)O4)cc2OC)ncc1C(F)(F)F. The second-order valence-corrected chi connectivity index (χ2v) is 7.81. The summed E-state index contributed by atoms with van der Waals surface area (Å²) in [6.07, 6.45) is -2.35. The molecule has 2 fully saturated rings. The Hall–Kier alpha value is -3.15. The fourth-order valence-corrected chi connectivity index (χ4v) is 4.01. The summed E-state index contributed by atoms with van der Waals surface area (Å²) < 4.78 is 65.5. The number of anilines is 3. The number of aromatic nitrogens is 2. The number of hydrogen-bond acceptors (Lipinski definition) is 7. The van der Waals surface area contributed by atoms with Crippen molar-refractivity contribution in [3.05, 3.63) is 35.3 Å². The Kier molecular flexibility index (Phi) is 6.28. The number of nitrogens with one attached hydrogen (secondary N) is 2. The smallest absolute Gasteiger partial charge is 0.421 e. The van der Waals surface area contributed by atoms with Gasteiger partial charge in [0.15, 0.2) is 0 Å². The van der Waals surface area contributed by atoms with Crippen LogP contribution in [0.3, 0.4) is 0 Å². The van der Waals surface area contributed by atoms with Crippen LogP contribution in [0.25, 0.3) is 0 Å². The Labute approximate surface area is 187 Å². The average molecular weight is 469 g/mol. The van der Waals surface area contributed by atoms with Crippen molar-refractivity contribution < 1.29 is 31.8 Å². The molecule has 8 nitrogen and oxygen atoms in total. The number of halogens is 4. The maximum absolute atomic E-state index is 14.9. The van der Waals surface area contributed by atoms with Crippen molar-refractivity contribution in [2.24, 2.45) is 0 Å². The van der Waals surface area contributed by atoms with Crippen molar-refractivity contribution in [1.29, 1.82) is 0 Å². The molecule has 2 N–H and O–H groups in total. The molecule has 12 heteroatoms. The van der Waals surface area contributed by atoms with E-state index in [1.54, 1.807) is 11.8 Å². The van der Waals surface area contributed by atoms with Crippen LogP contribution in [0.15, 0.2) is 18.3 Å². The maximum Gasteiger partial charge on any atom is 0.421 e. The second-order valence-electron chi connectivity index (χ2n) is 7.81. The molecule has 2 saturated heterocycles. The van der Waals surface area contributed by atoms with Crippen LogP contribution in [0.2, 0.25) is 0 Å². The molecule has 2 atom stereocenters. The van der Waals surface area contributed by atoms with Gasteiger partial charge in [-0.2, -0.15) is 18.2 Å². The number of alkyl halides is 3. The normalized spacial score (nSPS) is 20.0. The average Bonchev–Trinajstić information content (AvgIpc) is 3.10. The predicted octanol–water partition coefficient (Wildman–Crippen LogP) is 3.82. The number of benzene rings is 1. The molecule has 2 aliphatic rings. The maximum atomic E-state index is 14.9. The van der Waals surface area contributed by atoms with Crippen LogP contribution >= 0.6 is 0 Å². The topological polar surface area (TPSA) is 88.6 Å². The van der Waals surface area contributed by atoms with Gasteiger partial charge in [-0.1, -0.05) is 0 Å². The first kappa shape index (κ1) is 23.0. The fraction of sp³-hybridized carbons (Fsp3) is 0.476. The molecule has 2 bridgehead atoms. The zero-order chi connectivity index (χ0) is 23.8. The minimum Gasteiger partial charge on any atom is -0.495 e. The molecule has 2 aromatic rings. The van der Waals surface area contributed by atoms with E-state index < -0.39 is 29.3 Å². The van der Waals surface area contributed by atoms with Gasteiger partial charge in [-0.15, -0.1) is 0 Å². The molecule has 0 aliphatic carbocycles. The number of carbonyl (C=O) groups excluding carboxylic acids is 1. The van der Waals surface area contributed by atoms with Crippen LogP contribution in [-0.2, 0) is 10.9 Å². The van der Waals surface area contributed by atoms with E-state index in [2.05, 4.69) is 20.6 Å². The van der Waals surface area contributed by atoms with E-state index in [4.69, 9.17) is 9.47 Å². The van der Waals surface area contributed by atoms with Crippen LogP contribution in [0.5, 0.6) is 5.75 Å². The molecule has 4 rings (SSSR count). The third-order valence-corrected chi connectivity index (χ3v) is 5.54. The summed E-state index contributed by atoms with van der Waals surface area (Å²) in [5.41, 5.74) is -1.12. The molecular weight excluding hydrogens is 446 g/mol. The first-order valence-electron chi connectivity index (χ1n) is 10.5. The lowest BCUT2D eigenvalue weighted by molar-refractivity contribution is -0.137. The van der Waals surface area contributed by atoms with Gasteiger partial charge in [-0.3, -0.25) is 4.79 Å². The first-order chi connectivity index (χ1) is 15.7. The van der Waals surface area contributed by atoms with Gasteiger partial charge in [0.1, 0.15) is 22.9 Å². The predicted molar refractivity (Wildman–Crippen MR) is 111 cm³/mol. The third kappa shape index (κ3) is 4.80. The number of fused-ring (bicyclic) bond motifs is 2. The molecule has 1 aromatic carbocycles. The Morgan fingerprint density at radius 2 is 1.97 bits per heavy atom. The van der Waals surface area contributed by atoms with Crippen molar-refractivity contribution in [3.63, 3.8) is 0 Å². The number of morpholine rings is 1. The van der Waals surface area contributed by atoms with Gasteiger partial charge in [0, 0.05) is 31.9 Å². The zero-order valence-electron chi connectivity index (χ0n) is 18.0. The number of ether oxygens (including phenoxy) is 2. The molecular formula is C21H23F4N5O3. The van der Waals surface area contributed by atoms with Gasteiger partial charge in [0.2, 0.25) is 5.95 Å². The summed E-state index contributed by atoms with van der Waals surface area (Å²) in [4.78, 5) is 22.1. The molecule has 2 unspecified atom stereocenters. The molecule has 1 amide bonds. The Bertz CT molecular complexity index is 1040. The lowest BCUT2D eigenvalue weighted by Crippen LogP contribution is -2.46. The number of nitrogens with zero attached hydrogens (tertiary/aromatic N) is 3. The quantitative estimate of drug-likeness (QED) is 0.622. The summed E-state index contributed by atoms with van der Waals surface area (Å²) in [7, 11) is 1.33. The Balaban J connectivity index is 1.60. The molecule has 33 heavy (non-hydrogen) atoms. The lowest BCUT2D eigenvalue weighted by Gasteiger charge is -2.32. The summed E-state index contributed by atoms with van der Waals surface area (Å²) in [5.74, 6) is -1.76. The van der Waals surface area contributed by atoms with E-state index in [0.717, 1.165) is 18.9 Å². The van der Waals surface area contributed by atoms with Gasteiger partial charge in [-0.25, -0.2) is 9.37 Å². The van der Waals surface area contributed by atoms with Crippen molar-refractivity contribution in [1.82, 2.24) is 14.9 Å². The van der Waals surface area contributed by atoms with E-state index in [9.17, 15) is 22.4 Å². The highest BCUT2D eigenvalue weighted by Gasteiger charge is 2.37. The van der Waals surface area contributed by atoms with E-state index in [1.165, 1.54) is 13.2 Å². The number of methoxy groups -OCH3 is 1. The number of amides is 1. The first-order valence-corrected chi connectivity index (χ1v) is 10.5. The van der Waals surface area contributed by atoms with Crippen molar-refractivity contribution in [2.75, 3.05) is 37.4 Å². The van der Waals surface area contributed by atoms with E-state index in [0.29, 0.717) is 19.3 Å². The highest BCUT2D eigenvalue weighted by Crippen LogP contribution is 2.36. The monoisotopic (exact) mass is 469 g/mol. The number of carbonyl (C=O) groups is 1. The van der Waals surface area contributed by atoms with Gasteiger partial charge < -0.3 is 25.0 Å². The van der Waals surface area contributed by atoms with Crippen LogP contribution in [0, 0.1) is 5.82 Å². The van der Waals surface area contributed by atoms with Crippen molar-refractivity contribution >= 4 is 23.4 Å². The largest absolute Gasteiger partial charge is 0.495 e. The highest BCUT2D eigenvalue weighted by molar-refractivity contribution is 5.96. The molecule has 0 saturated carbocycles. The molecule has 0 spiro atoms. The summed E-state index contributed by atoms with van der Waals surface area (Å²) >= 11 is 0. The third-order valence-electron chi connectivity index (χ3n) is 5.54. The van der Waals surface area contributed by atoms with Gasteiger partial charge in [0.05, 0.1) is 30.6 Å². The highest BCUT2D eigenvalue weighted by atomic mass is 19.4. The van der Waals surface area contributed by atoms with Crippen LogP contribution < -0.4 is 15.4 Å². The number of hydrogen-bond donors (Lipinski definition) is 2. The van der Waals surface area contributed by atoms with Gasteiger partial charge in [0.25, 0.3) is 5.91 Å². The minimum atomic E-state index is -4.64. The molecule has 1 aromatic heterocycles. The molecule has 3 heterocycles. The Morgan fingerprint density at radius 3 is 2.58 bits per heavy atom. The summed E-state index contributed by atoms with van der Waals surface area (Å²) in [5, 5.41) is 5.22.